The first-order chi connectivity index (χ1) is 9.00. The van der Waals surface area contributed by atoms with Crippen molar-refractivity contribution < 1.29 is 8.42 Å². The summed E-state index contributed by atoms with van der Waals surface area (Å²) in [5, 5.41) is 3.74. The van der Waals surface area contributed by atoms with Gasteiger partial charge in [0.05, 0.1) is 4.90 Å². The van der Waals surface area contributed by atoms with Gasteiger partial charge >= 0.3 is 0 Å². The molecule has 0 amide bonds. The van der Waals surface area contributed by atoms with Crippen molar-refractivity contribution in [3.8, 4) is 0 Å². The van der Waals surface area contributed by atoms with Crippen LogP contribution in [0.4, 0.5) is 0 Å². The molecule has 1 fully saturated rings. The number of rotatable bonds is 3. The molecule has 1 aliphatic rings. The van der Waals surface area contributed by atoms with Crippen LogP contribution < -0.4 is 10.0 Å². The van der Waals surface area contributed by atoms with Crippen molar-refractivity contribution in [2.75, 3.05) is 13.1 Å². The molecule has 106 valence electrons. The number of benzene rings is 1. The normalized spacial score (nSPS) is 21.1. The molecule has 6 heteroatoms. The van der Waals surface area contributed by atoms with E-state index < -0.39 is 10.0 Å². The van der Waals surface area contributed by atoms with E-state index >= 15 is 0 Å². The molecule has 2 rings (SSSR count). The zero-order valence-electron chi connectivity index (χ0n) is 10.9. The van der Waals surface area contributed by atoms with Gasteiger partial charge in [-0.15, -0.1) is 0 Å². The van der Waals surface area contributed by atoms with Crippen molar-refractivity contribution in [1.82, 2.24) is 10.0 Å². The predicted molar refractivity (Wildman–Crippen MR) is 77.0 cm³/mol. The number of hydrogen-bond acceptors (Lipinski definition) is 3. The molecule has 1 saturated heterocycles. The van der Waals surface area contributed by atoms with Gasteiger partial charge in [-0.3, -0.25) is 0 Å². The highest BCUT2D eigenvalue weighted by Gasteiger charge is 2.23. The standard InChI is InChI=1S/C13H19ClN2O2S/c1-10-12(14)5-2-6-13(10)19(17,18)16-11-4-3-8-15-9-7-11/h2,5-6,11,15-16H,3-4,7-9H2,1H3. The van der Waals surface area contributed by atoms with Crippen LogP contribution in [0, 0.1) is 6.92 Å². The first-order valence-corrected chi connectivity index (χ1v) is 8.35. The Morgan fingerprint density at radius 3 is 2.89 bits per heavy atom. The Labute approximate surface area is 119 Å². The van der Waals surface area contributed by atoms with E-state index in [0.717, 1.165) is 32.4 Å². The fourth-order valence-electron chi connectivity index (χ4n) is 2.30. The van der Waals surface area contributed by atoms with Gasteiger partial charge in [-0.2, -0.15) is 0 Å². The SMILES string of the molecule is Cc1c(Cl)cccc1S(=O)(=O)NC1CCCNCC1. The molecule has 1 aromatic rings. The van der Waals surface area contributed by atoms with Crippen molar-refractivity contribution in [3.63, 3.8) is 0 Å². The summed E-state index contributed by atoms with van der Waals surface area (Å²) in [5.41, 5.74) is 0.600. The summed E-state index contributed by atoms with van der Waals surface area (Å²) in [6, 6.07) is 4.96. The minimum Gasteiger partial charge on any atom is -0.317 e. The van der Waals surface area contributed by atoms with Gasteiger partial charge in [-0.05, 0) is 57.0 Å². The number of sulfonamides is 1. The highest BCUT2D eigenvalue weighted by Crippen LogP contribution is 2.23. The molecule has 19 heavy (non-hydrogen) atoms. The highest BCUT2D eigenvalue weighted by molar-refractivity contribution is 7.89. The second kappa shape index (κ2) is 6.22. The molecular weight excluding hydrogens is 284 g/mol. The van der Waals surface area contributed by atoms with Crippen LogP contribution in [0.25, 0.3) is 0 Å². The third-order valence-electron chi connectivity index (χ3n) is 3.41. The lowest BCUT2D eigenvalue weighted by molar-refractivity contribution is 0.518. The molecule has 1 heterocycles. The number of halogens is 1. The Balaban J connectivity index is 2.19. The smallest absolute Gasteiger partial charge is 0.241 e. The van der Waals surface area contributed by atoms with E-state index in [9.17, 15) is 8.42 Å². The minimum atomic E-state index is -3.49. The maximum atomic E-state index is 12.4. The van der Waals surface area contributed by atoms with Crippen LogP contribution in [0.2, 0.25) is 5.02 Å². The average molecular weight is 303 g/mol. The lowest BCUT2D eigenvalue weighted by Gasteiger charge is -2.17. The van der Waals surface area contributed by atoms with Crippen LogP contribution >= 0.6 is 11.6 Å². The third kappa shape index (κ3) is 3.69. The van der Waals surface area contributed by atoms with Crippen molar-refractivity contribution in [3.05, 3.63) is 28.8 Å². The fraction of sp³-hybridized carbons (Fsp3) is 0.538. The summed E-state index contributed by atoms with van der Waals surface area (Å²) >= 11 is 5.99. The van der Waals surface area contributed by atoms with Gasteiger partial charge in [0.15, 0.2) is 0 Å². The minimum absolute atomic E-state index is 0.00150. The van der Waals surface area contributed by atoms with Crippen molar-refractivity contribution >= 4 is 21.6 Å². The Bertz CT molecular complexity index is 538. The van der Waals surface area contributed by atoms with Gasteiger partial charge in [0.1, 0.15) is 0 Å². The van der Waals surface area contributed by atoms with Crippen LogP contribution in [0.1, 0.15) is 24.8 Å². The fourth-order valence-corrected chi connectivity index (χ4v) is 4.10. The second-order valence-electron chi connectivity index (χ2n) is 4.86. The van der Waals surface area contributed by atoms with E-state index in [-0.39, 0.29) is 10.9 Å². The summed E-state index contributed by atoms with van der Waals surface area (Å²) < 4.78 is 27.6. The topological polar surface area (TPSA) is 58.2 Å². The van der Waals surface area contributed by atoms with Crippen LogP contribution in [0.5, 0.6) is 0 Å². The molecule has 1 aliphatic heterocycles. The summed E-state index contributed by atoms with van der Waals surface area (Å²) in [5.74, 6) is 0. The van der Waals surface area contributed by atoms with Gasteiger partial charge in [0, 0.05) is 11.1 Å². The van der Waals surface area contributed by atoms with Crippen LogP contribution in [-0.4, -0.2) is 27.5 Å². The van der Waals surface area contributed by atoms with E-state index in [1.165, 1.54) is 0 Å². The van der Waals surface area contributed by atoms with Crippen LogP contribution in [0.3, 0.4) is 0 Å². The summed E-state index contributed by atoms with van der Waals surface area (Å²) in [4.78, 5) is 0.275. The van der Waals surface area contributed by atoms with Gasteiger partial charge in [-0.25, -0.2) is 13.1 Å². The van der Waals surface area contributed by atoms with E-state index in [1.807, 2.05) is 0 Å². The molecule has 0 radical (unpaired) electrons. The maximum Gasteiger partial charge on any atom is 0.241 e. The molecule has 4 nitrogen and oxygen atoms in total. The Morgan fingerprint density at radius 1 is 1.32 bits per heavy atom. The van der Waals surface area contributed by atoms with Gasteiger partial charge in [0.2, 0.25) is 10.0 Å². The number of nitrogens with one attached hydrogen (secondary N) is 2. The summed E-state index contributed by atoms with van der Waals surface area (Å²) in [6.07, 6.45) is 2.67. The highest BCUT2D eigenvalue weighted by atomic mass is 35.5. The monoisotopic (exact) mass is 302 g/mol. The molecule has 0 aliphatic carbocycles. The zero-order valence-corrected chi connectivity index (χ0v) is 12.5. The first-order valence-electron chi connectivity index (χ1n) is 6.49. The predicted octanol–water partition coefficient (Wildman–Crippen LogP) is 2.07. The average Bonchev–Trinajstić information content (AvgIpc) is 2.60. The molecule has 1 unspecified atom stereocenters. The summed E-state index contributed by atoms with van der Waals surface area (Å²) in [6.45, 7) is 3.53. The quantitative estimate of drug-likeness (QED) is 0.898. The molecule has 0 saturated carbocycles. The van der Waals surface area contributed by atoms with Crippen molar-refractivity contribution in [2.24, 2.45) is 0 Å². The molecule has 0 aromatic heterocycles. The molecule has 0 spiro atoms. The first kappa shape index (κ1) is 14.8. The lowest BCUT2D eigenvalue weighted by Crippen LogP contribution is -2.35. The zero-order chi connectivity index (χ0) is 13.9. The van der Waals surface area contributed by atoms with Crippen molar-refractivity contribution in [1.29, 1.82) is 0 Å². The summed E-state index contributed by atoms with van der Waals surface area (Å²) in [7, 11) is -3.49. The molecule has 2 N–H and O–H groups in total. The van der Waals surface area contributed by atoms with Crippen LogP contribution in [0.15, 0.2) is 23.1 Å². The third-order valence-corrected chi connectivity index (χ3v) is 5.48. The van der Waals surface area contributed by atoms with Crippen molar-refractivity contribution in [2.45, 2.75) is 37.1 Å². The number of hydrogen-bond donors (Lipinski definition) is 2. The van der Waals surface area contributed by atoms with Gasteiger partial charge < -0.3 is 5.32 Å². The van der Waals surface area contributed by atoms with Crippen LogP contribution in [-0.2, 0) is 10.0 Å². The molecule has 1 aromatic carbocycles. The Morgan fingerprint density at radius 2 is 2.11 bits per heavy atom. The van der Waals surface area contributed by atoms with E-state index in [1.54, 1.807) is 25.1 Å². The maximum absolute atomic E-state index is 12.4. The molecule has 0 bridgehead atoms. The van der Waals surface area contributed by atoms with Gasteiger partial charge in [-0.1, -0.05) is 17.7 Å². The van der Waals surface area contributed by atoms with Gasteiger partial charge in [0.25, 0.3) is 0 Å². The largest absolute Gasteiger partial charge is 0.317 e. The molecule has 1 atom stereocenters. The second-order valence-corrected chi connectivity index (χ2v) is 6.95. The van der Waals surface area contributed by atoms with E-state index in [4.69, 9.17) is 11.6 Å². The van der Waals surface area contributed by atoms with E-state index in [2.05, 4.69) is 10.0 Å². The van der Waals surface area contributed by atoms with E-state index in [0.29, 0.717) is 10.6 Å². The molecular formula is C13H19ClN2O2S. The lowest BCUT2D eigenvalue weighted by atomic mass is 10.1. The Kier molecular flexibility index (Phi) is 4.84. The Hall–Kier alpha value is -0.620.